The Morgan fingerprint density at radius 2 is 2.00 bits per heavy atom. The topological polar surface area (TPSA) is 24.1 Å². The van der Waals surface area contributed by atoms with Crippen LogP contribution in [0.2, 0.25) is 0 Å². The number of nitrogens with one attached hydrogen (secondary N) is 2. The van der Waals surface area contributed by atoms with Gasteiger partial charge >= 0.3 is 0 Å². The minimum absolute atomic E-state index is 0. The fraction of sp³-hybridized carbons (Fsp3) is 1.00. The fourth-order valence-electron chi connectivity index (χ4n) is 1.19. The molecule has 1 rings (SSSR count). The normalized spacial score (nSPS) is 24.3. The van der Waals surface area contributed by atoms with Gasteiger partial charge in [-0.25, -0.2) is 0 Å². The average Bonchev–Trinajstić information content (AvgIpc) is 2.10. The quantitative estimate of drug-likeness (QED) is 0.614. The van der Waals surface area contributed by atoms with Crippen molar-refractivity contribution in [1.29, 1.82) is 0 Å². The second-order valence-electron chi connectivity index (χ2n) is 3.06. The molecular weight excluding hydrogens is 136 g/mol. The van der Waals surface area contributed by atoms with Crippen LogP contribution in [0.4, 0.5) is 0 Å². The molecule has 1 aliphatic heterocycles. The standard InChI is InChI=1S/C7H16N2.C2H6.H2/c1-6(2)7-4-3-5-8-9-7;1-2;/h6-9H,3-5H2,1-2H3;1-2H3;1H/t7-;;/m0../s1. The highest BCUT2D eigenvalue weighted by Crippen LogP contribution is 2.09. The molecule has 2 nitrogen and oxygen atoms in total. The number of rotatable bonds is 1. The largest absolute Gasteiger partial charge is 0.258 e. The van der Waals surface area contributed by atoms with E-state index in [9.17, 15) is 0 Å². The summed E-state index contributed by atoms with van der Waals surface area (Å²) >= 11 is 0. The molecule has 0 unspecified atom stereocenters. The van der Waals surface area contributed by atoms with Crippen LogP contribution in [0.5, 0.6) is 0 Å². The predicted octanol–water partition coefficient (Wildman–Crippen LogP) is 2.17. The monoisotopic (exact) mass is 160 g/mol. The molecule has 0 saturated carbocycles. The second-order valence-corrected chi connectivity index (χ2v) is 3.06. The third kappa shape index (κ3) is 4.38. The molecule has 1 saturated heterocycles. The van der Waals surface area contributed by atoms with E-state index < -0.39 is 0 Å². The molecule has 2 N–H and O–H groups in total. The molecule has 2 heteroatoms. The van der Waals surface area contributed by atoms with Gasteiger partial charge in [-0.2, -0.15) is 0 Å². The van der Waals surface area contributed by atoms with Gasteiger partial charge in [-0.05, 0) is 18.8 Å². The van der Waals surface area contributed by atoms with Crippen LogP contribution in [-0.2, 0) is 0 Å². The van der Waals surface area contributed by atoms with Gasteiger partial charge in [0.1, 0.15) is 0 Å². The molecule has 1 aliphatic rings. The van der Waals surface area contributed by atoms with Crippen LogP contribution in [0.15, 0.2) is 0 Å². The summed E-state index contributed by atoms with van der Waals surface area (Å²) in [7, 11) is 0. The van der Waals surface area contributed by atoms with Crippen LogP contribution in [0.25, 0.3) is 0 Å². The molecule has 1 heterocycles. The lowest BCUT2D eigenvalue weighted by molar-refractivity contribution is 0.283. The first-order valence-electron chi connectivity index (χ1n) is 4.79. The number of hydrogen-bond acceptors (Lipinski definition) is 2. The van der Waals surface area contributed by atoms with Crippen LogP contribution >= 0.6 is 0 Å². The Hall–Kier alpha value is -0.0800. The summed E-state index contributed by atoms with van der Waals surface area (Å²) < 4.78 is 0. The molecule has 0 spiro atoms. The van der Waals surface area contributed by atoms with Gasteiger partial charge in [0.15, 0.2) is 0 Å². The number of hydrazine groups is 1. The third-order valence-corrected chi connectivity index (χ3v) is 1.91. The van der Waals surface area contributed by atoms with Crippen molar-refractivity contribution >= 4 is 0 Å². The van der Waals surface area contributed by atoms with Crippen molar-refractivity contribution in [2.45, 2.75) is 46.6 Å². The maximum absolute atomic E-state index is 3.27. The van der Waals surface area contributed by atoms with E-state index in [1.54, 1.807) is 0 Å². The SMILES string of the molecule is CC.CC(C)[C@@H]1CCCNN1.[HH]. The van der Waals surface area contributed by atoms with Crippen molar-refractivity contribution in [2.24, 2.45) is 5.92 Å². The van der Waals surface area contributed by atoms with Crippen LogP contribution in [-0.4, -0.2) is 12.6 Å². The Morgan fingerprint density at radius 3 is 2.27 bits per heavy atom. The average molecular weight is 160 g/mol. The first-order chi connectivity index (χ1) is 5.30. The molecule has 0 aromatic heterocycles. The summed E-state index contributed by atoms with van der Waals surface area (Å²) in [5.74, 6) is 0.762. The zero-order valence-corrected chi connectivity index (χ0v) is 8.28. The van der Waals surface area contributed by atoms with Gasteiger partial charge in [-0.3, -0.25) is 10.9 Å². The van der Waals surface area contributed by atoms with E-state index in [0.717, 1.165) is 12.5 Å². The smallest absolute Gasteiger partial charge is 0.0236 e. The van der Waals surface area contributed by atoms with Gasteiger partial charge in [0.25, 0.3) is 0 Å². The van der Waals surface area contributed by atoms with E-state index in [1.807, 2.05) is 13.8 Å². The Labute approximate surface area is 72.2 Å². The van der Waals surface area contributed by atoms with Crippen molar-refractivity contribution in [3.8, 4) is 0 Å². The van der Waals surface area contributed by atoms with E-state index in [4.69, 9.17) is 0 Å². The molecule has 1 atom stereocenters. The zero-order chi connectivity index (χ0) is 8.69. The highest BCUT2D eigenvalue weighted by molar-refractivity contribution is 4.71. The van der Waals surface area contributed by atoms with Gasteiger partial charge < -0.3 is 0 Å². The summed E-state index contributed by atoms with van der Waals surface area (Å²) in [6, 6.07) is 0.693. The molecule has 0 aliphatic carbocycles. The van der Waals surface area contributed by atoms with Crippen LogP contribution in [0.1, 0.15) is 42.0 Å². The molecule has 1 fully saturated rings. The highest BCUT2D eigenvalue weighted by Gasteiger charge is 2.14. The Bertz CT molecular complexity index is 80.6. The van der Waals surface area contributed by atoms with Gasteiger partial charge in [0, 0.05) is 14.0 Å². The number of hydrogen-bond donors (Lipinski definition) is 2. The predicted molar refractivity (Wildman–Crippen MR) is 52.5 cm³/mol. The van der Waals surface area contributed by atoms with Gasteiger partial charge in [-0.1, -0.05) is 27.7 Å². The van der Waals surface area contributed by atoms with Gasteiger partial charge in [0.2, 0.25) is 0 Å². The van der Waals surface area contributed by atoms with Crippen molar-refractivity contribution < 1.29 is 1.43 Å². The summed E-state index contributed by atoms with van der Waals surface area (Å²) in [6.45, 7) is 9.64. The van der Waals surface area contributed by atoms with E-state index in [-0.39, 0.29) is 1.43 Å². The van der Waals surface area contributed by atoms with Crippen molar-refractivity contribution in [3.63, 3.8) is 0 Å². The van der Waals surface area contributed by atoms with Gasteiger partial charge in [-0.15, -0.1) is 0 Å². The van der Waals surface area contributed by atoms with Crippen LogP contribution < -0.4 is 10.9 Å². The zero-order valence-electron chi connectivity index (χ0n) is 8.28. The molecular formula is C9H24N2. The molecule has 70 valence electrons. The molecule has 0 bridgehead atoms. The minimum Gasteiger partial charge on any atom is -0.258 e. The summed E-state index contributed by atoms with van der Waals surface area (Å²) in [4.78, 5) is 0. The van der Waals surface area contributed by atoms with E-state index in [1.165, 1.54) is 12.8 Å². The lowest BCUT2D eigenvalue weighted by Crippen LogP contribution is -2.48. The van der Waals surface area contributed by atoms with Crippen molar-refractivity contribution in [1.82, 2.24) is 10.9 Å². The highest BCUT2D eigenvalue weighted by atomic mass is 15.4. The molecule has 0 amide bonds. The summed E-state index contributed by atoms with van der Waals surface area (Å²) in [5.41, 5.74) is 6.43. The van der Waals surface area contributed by atoms with E-state index in [2.05, 4.69) is 24.7 Å². The summed E-state index contributed by atoms with van der Waals surface area (Å²) in [5, 5.41) is 0. The van der Waals surface area contributed by atoms with E-state index >= 15 is 0 Å². The Balaban J connectivity index is 0. The van der Waals surface area contributed by atoms with Crippen LogP contribution in [0, 0.1) is 5.92 Å². The van der Waals surface area contributed by atoms with Gasteiger partial charge in [0.05, 0.1) is 0 Å². The third-order valence-electron chi connectivity index (χ3n) is 1.91. The summed E-state index contributed by atoms with van der Waals surface area (Å²) in [6.07, 6.45) is 2.64. The fourth-order valence-corrected chi connectivity index (χ4v) is 1.19. The van der Waals surface area contributed by atoms with Crippen LogP contribution in [0.3, 0.4) is 0 Å². The Morgan fingerprint density at radius 1 is 1.36 bits per heavy atom. The second kappa shape index (κ2) is 6.62. The van der Waals surface area contributed by atoms with Crippen molar-refractivity contribution in [2.75, 3.05) is 6.54 Å². The molecule has 0 radical (unpaired) electrons. The molecule has 0 aromatic carbocycles. The first kappa shape index (κ1) is 10.9. The van der Waals surface area contributed by atoms with Crippen molar-refractivity contribution in [3.05, 3.63) is 0 Å². The molecule has 0 aromatic rings. The lowest BCUT2D eigenvalue weighted by atomic mass is 9.99. The van der Waals surface area contributed by atoms with E-state index in [0.29, 0.717) is 6.04 Å². The lowest BCUT2D eigenvalue weighted by Gasteiger charge is -2.27. The minimum atomic E-state index is 0. The maximum atomic E-state index is 3.27. The molecule has 11 heavy (non-hydrogen) atoms. The first-order valence-corrected chi connectivity index (χ1v) is 4.79. The Kier molecular flexibility index (Phi) is 6.57. The maximum Gasteiger partial charge on any atom is 0.0236 e.